The Kier molecular flexibility index (Phi) is 3.79. The van der Waals surface area contributed by atoms with E-state index in [1.54, 1.807) is 37.5 Å². The number of anilines is 1. The molecule has 0 bridgehead atoms. The number of nitrogens with one attached hydrogen (secondary N) is 2. The number of benzene rings is 1. The van der Waals surface area contributed by atoms with Crippen molar-refractivity contribution >= 4 is 34.8 Å². The zero-order chi connectivity index (χ0) is 16.6. The topological polar surface area (TPSA) is 79.8 Å². The van der Waals surface area contributed by atoms with Crippen LogP contribution in [0.25, 0.3) is 10.9 Å². The van der Waals surface area contributed by atoms with Crippen LogP contribution < -0.4 is 10.9 Å². The van der Waals surface area contributed by atoms with Gasteiger partial charge in [-0.25, -0.2) is 4.98 Å². The molecule has 0 aliphatic heterocycles. The standard InChI is InChI=1S/C16H14N4O2S/c1-9-5-6-17-13(7-9)19-14(21)10-3-4-11-12(8-10)18-16(23)20(2)15(11)22/h3-8H,1-2H3,(H,18,23)(H,17,19,21). The van der Waals surface area contributed by atoms with Crippen LogP contribution in [0, 0.1) is 11.7 Å². The lowest BCUT2D eigenvalue weighted by Gasteiger charge is -2.07. The highest BCUT2D eigenvalue weighted by atomic mass is 32.1. The summed E-state index contributed by atoms with van der Waals surface area (Å²) in [6.07, 6.45) is 1.63. The molecule has 0 saturated carbocycles. The second-order valence-corrected chi connectivity index (χ2v) is 5.61. The maximum absolute atomic E-state index is 12.3. The van der Waals surface area contributed by atoms with Gasteiger partial charge in [-0.2, -0.15) is 0 Å². The molecule has 7 heteroatoms. The molecule has 3 rings (SSSR count). The zero-order valence-corrected chi connectivity index (χ0v) is 13.4. The normalized spacial score (nSPS) is 10.7. The van der Waals surface area contributed by atoms with Gasteiger partial charge in [0.15, 0.2) is 4.77 Å². The number of hydrogen-bond donors (Lipinski definition) is 2. The van der Waals surface area contributed by atoms with Gasteiger partial charge in [-0.1, -0.05) is 0 Å². The van der Waals surface area contributed by atoms with E-state index in [2.05, 4.69) is 15.3 Å². The fourth-order valence-electron chi connectivity index (χ4n) is 2.24. The lowest BCUT2D eigenvalue weighted by molar-refractivity contribution is 0.102. The Balaban J connectivity index is 2.00. The lowest BCUT2D eigenvalue weighted by Crippen LogP contribution is -2.19. The number of fused-ring (bicyclic) bond motifs is 1. The van der Waals surface area contributed by atoms with Crippen LogP contribution in [0.3, 0.4) is 0 Å². The van der Waals surface area contributed by atoms with E-state index in [0.717, 1.165) is 5.56 Å². The molecule has 0 saturated heterocycles. The molecule has 3 aromatic rings. The molecule has 2 heterocycles. The van der Waals surface area contributed by atoms with E-state index in [0.29, 0.717) is 27.1 Å². The summed E-state index contributed by atoms with van der Waals surface area (Å²) in [5.74, 6) is 0.178. The van der Waals surface area contributed by atoms with Crippen LogP contribution >= 0.6 is 12.2 Å². The highest BCUT2D eigenvalue weighted by Crippen LogP contribution is 2.13. The van der Waals surface area contributed by atoms with Crippen molar-refractivity contribution < 1.29 is 4.79 Å². The molecule has 0 atom stereocenters. The van der Waals surface area contributed by atoms with Gasteiger partial charge in [0.1, 0.15) is 5.82 Å². The molecule has 116 valence electrons. The Morgan fingerprint density at radius 3 is 2.83 bits per heavy atom. The van der Waals surface area contributed by atoms with E-state index in [9.17, 15) is 9.59 Å². The first-order valence-electron chi connectivity index (χ1n) is 6.93. The van der Waals surface area contributed by atoms with Gasteiger partial charge in [0.05, 0.1) is 10.9 Å². The Hall–Kier alpha value is -2.80. The smallest absolute Gasteiger partial charge is 0.261 e. The highest BCUT2D eigenvalue weighted by molar-refractivity contribution is 7.71. The number of aromatic amines is 1. The summed E-state index contributed by atoms with van der Waals surface area (Å²) in [6, 6.07) is 8.45. The van der Waals surface area contributed by atoms with E-state index in [1.165, 1.54) is 4.57 Å². The third kappa shape index (κ3) is 2.91. The van der Waals surface area contributed by atoms with Crippen LogP contribution in [-0.2, 0) is 7.05 Å². The third-order valence-electron chi connectivity index (χ3n) is 3.52. The Bertz CT molecular complexity index is 1040. The highest BCUT2D eigenvalue weighted by Gasteiger charge is 2.10. The first kappa shape index (κ1) is 15.1. The second-order valence-electron chi connectivity index (χ2n) is 5.23. The number of aromatic nitrogens is 3. The quantitative estimate of drug-likeness (QED) is 0.709. The van der Waals surface area contributed by atoms with Crippen molar-refractivity contribution in [2.45, 2.75) is 6.92 Å². The summed E-state index contributed by atoms with van der Waals surface area (Å²) in [5, 5.41) is 3.21. The number of amides is 1. The first-order valence-corrected chi connectivity index (χ1v) is 7.33. The van der Waals surface area contributed by atoms with Gasteiger partial charge in [-0.15, -0.1) is 0 Å². The minimum Gasteiger partial charge on any atom is -0.332 e. The molecule has 0 spiro atoms. The molecule has 23 heavy (non-hydrogen) atoms. The zero-order valence-electron chi connectivity index (χ0n) is 12.6. The first-order chi connectivity index (χ1) is 11.0. The van der Waals surface area contributed by atoms with Gasteiger partial charge in [-0.3, -0.25) is 14.2 Å². The molecule has 2 N–H and O–H groups in total. The van der Waals surface area contributed by atoms with Crippen LogP contribution in [0.4, 0.5) is 5.82 Å². The number of carbonyl (C=O) groups is 1. The predicted octanol–water partition coefficient (Wildman–Crippen LogP) is 2.55. The van der Waals surface area contributed by atoms with Crippen molar-refractivity contribution in [2.75, 3.05) is 5.32 Å². The molecule has 0 fully saturated rings. The number of pyridine rings is 1. The molecule has 0 unspecified atom stereocenters. The van der Waals surface area contributed by atoms with E-state index in [-0.39, 0.29) is 11.5 Å². The number of carbonyl (C=O) groups excluding carboxylic acids is 1. The van der Waals surface area contributed by atoms with E-state index in [4.69, 9.17) is 12.2 Å². The molecule has 0 radical (unpaired) electrons. The average molecular weight is 326 g/mol. The fraction of sp³-hybridized carbons (Fsp3) is 0.125. The summed E-state index contributed by atoms with van der Waals surface area (Å²) in [4.78, 5) is 31.5. The maximum Gasteiger partial charge on any atom is 0.261 e. The van der Waals surface area contributed by atoms with Crippen molar-refractivity contribution in [3.05, 3.63) is 62.8 Å². The van der Waals surface area contributed by atoms with Crippen LogP contribution in [0.2, 0.25) is 0 Å². The summed E-state index contributed by atoms with van der Waals surface area (Å²) in [7, 11) is 1.60. The van der Waals surface area contributed by atoms with Crippen LogP contribution in [0.5, 0.6) is 0 Å². The molecule has 6 nitrogen and oxygen atoms in total. The maximum atomic E-state index is 12.3. The lowest BCUT2D eigenvalue weighted by atomic mass is 10.1. The monoisotopic (exact) mass is 326 g/mol. The average Bonchev–Trinajstić information content (AvgIpc) is 2.52. The molecule has 1 aromatic carbocycles. The molecular formula is C16H14N4O2S. The summed E-state index contributed by atoms with van der Waals surface area (Å²) in [6.45, 7) is 1.92. The van der Waals surface area contributed by atoms with Crippen molar-refractivity contribution in [1.29, 1.82) is 0 Å². The second kappa shape index (κ2) is 5.77. The number of rotatable bonds is 2. The summed E-state index contributed by atoms with van der Waals surface area (Å²) >= 11 is 5.09. The van der Waals surface area contributed by atoms with E-state index < -0.39 is 0 Å². The number of aryl methyl sites for hydroxylation is 1. The molecular weight excluding hydrogens is 312 g/mol. The fourth-order valence-corrected chi connectivity index (χ4v) is 2.43. The summed E-state index contributed by atoms with van der Waals surface area (Å²) in [5.41, 5.74) is 1.75. The largest absolute Gasteiger partial charge is 0.332 e. The van der Waals surface area contributed by atoms with Crippen LogP contribution in [0.1, 0.15) is 15.9 Å². The van der Waals surface area contributed by atoms with Crippen LogP contribution in [-0.4, -0.2) is 20.4 Å². The van der Waals surface area contributed by atoms with Crippen molar-refractivity contribution in [1.82, 2.24) is 14.5 Å². The SMILES string of the molecule is Cc1ccnc(NC(=O)c2ccc3c(=O)n(C)c(=S)[nH]c3c2)c1. The van der Waals surface area contributed by atoms with Crippen molar-refractivity contribution in [2.24, 2.45) is 7.05 Å². The number of hydrogen-bond acceptors (Lipinski definition) is 4. The van der Waals surface area contributed by atoms with Gasteiger partial charge < -0.3 is 10.3 Å². The van der Waals surface area contributed by atoms with Crippen molar-refractivity contribution in [3.63, 3.8) is 0 Å². The minimum atomic E-state index is -0.301. The van der Waals surface area contributed by atoms with E-state index in [1.807, 2.05) is 13.0 Å². The van der Waals surface area contributed by atoms with Gasteiger partial charge >= 0.3 is 0 Å². The third-order valence-corrected chi connectivity index (χ3v) is 3.90. The molecule has 2 aromatic heterocycles. The predicted molar refractivity (Wildman–Crippen MR) is 91.3 cm³/mol. The summed E-state index contributed by atoms with van der Waals surface area (Å²) < 4.78 is 1.66. The Labute approximate surface area is 136 Å². The Morgan fingerprint density at radius 2 is 2.09 bits per heavy atom. The Morgan fingerprint density at radius 1 is 1.30 bits per heavy atom. The minimum absolute atomic E-state index is 0.198. The molecule has 1 amide bonds. The van der Waals surface area contributed by atoms with Crippen LogP contribution in [0.15, 0.2) is 41.3 Å². The van der Waals surface area contributed by atoms with E-state index >= 15 is 0 Å². The molecule has 0 aliphatic carbocycles. The van der Waals surface area contributed by atoms with Crippen molar-refractivity contribution in [3.8, 4) is 0 Å². The van der Waals surface area contributed by atoms with Gasteiger partial charge in [0.2, 0.25) is 0 Å². The molecule has 0 aliphatic rings. The number of H-pyrrole nitrogens is 1. The van der Waals surface area contributed by atoms with Gasteiger partial charge in [0.25, 0.3) is 11.5 Å². The number of nitrogens with zero attached hydrogens (tertiary/aromatic N) is 2. The van der Waals surface area contributed by atoms with Gasteiger partial charge in [0, 0.05) is 18.8 Å². The van der Waals surface area contributed by atoms with Gasteiger partial charge in [-0.05, 0) is 55.0 Å².